The summed E-state index contributed by atoms with van der Waals surface area (Å²) in [4.78, 5) is 43.0. The zero-order valence-corrected chi connectivity index (χ0v) is 25.9. The zero-order valence-electron chi connectivity index (χ0n) is 23.5. The SMILES string of the molecule is CC(=O)N(C)c1ccc(NC[C@@H]2CCCN2C(=O)CN2CCC[C@H](NS(=O)(=O)c3cc4cc(Cl)ccc4s3)C2=O)cc1. The van der Waals surface area contributed by atoms with Crippen LogP contribution in [0.3, 0.4) is 0 Å². The Morgan fingerprint density at radius 2 is 1.81 bits per heavy atom. The number of sulfonamides is 1. The minimum atomic E-state index is -3.93. The van der Waals surface area contributed by atoms with Gasteiger partial charge < -0.3 is 20.0 Å². The van der Waals surface area contributed by atoms with Crippen LogP contribution in [0.4, 0.5) is 11.4 Å². The number of piperidine rings is 1. The van der Waals surface area contributed by atoms with Crippen molar-refractivity contribution in [2.45, 2.75) is 48.9 Å². The number of benzene rings is 2. The Bertz CT molecular complexity index is 1590. The number of thiophene rings is 1. The number of fused-ring (bicyclic) bond motifs is 1. The number of carbonyl (C=O) groups excluding carboxylic acids is 3. The smallest absolute Gasteiger partial charge is 0.250 e. The Hall–Kier alpha value is -3.19. The van der Waals surface area contributed by atoms with Crippen LogP contribution in [0.25, 0.3) is 10.1 Å². The van der Waals surface area contributed by atoms with E-state index in [0.717, 1.165) is 45.6 Å². The first-order valence-corrected chi connectivity index (χ1v) is 16.6. The van der Waals surface area contributed by atoms with Gasteiger partial charge in [-0.3, -0.25) is 14.4 Å². The highest BCUT2D eigenvalue weighted by Gasteiger charge is 2.36. The van der Waals surface area contributed by atoms with E-state index in [4.69, 9.17) is 11.6 Å². The molecule has 0 bridgehead atoms. The fraction of sp³-hybridized carbons (Fsp3) is 0.414. The maximum absolute atomic E-state index is 13.3. The van der Waals surface area contributed by atoms with E-state index < -0.39 is 16.1 Å². The molecule has 2 fully saturated rings. The van der Waals surface area contributed by atoms with Gasteiger partial charge in [0.05, 0.1) is 6.54 Å². The van der Waals surface area contributed by atoms with Gasteiger partial charge in [0.15, 0.2) is 0 Å². The van der Waals surface area contributed by atoms with E-state index in [0.29, 0.717) is 37.5 Å². The molecule has 3 heterocycles. The van der Waals surface area contributed by atoms with E-state index >= 15 is 0 Å². The molecule has 2 aromatic carbocycles. The molecular formula is C29H34ClN5O5S2. The summed E-state index contributed by atoms with van der Waals surface area (Å²) in [5.41, 5.74) is 1.68. The van der Waals surface area contributed by atoms with Crippen molar-refractivity contribution in [2.24, 2.45) is 0 Å². The molecule has 0 saturated carbocycles. The van der Waals surface area contributed by atoms with Crippen molar-refractivity contribution in [3.05, 3.63) is 53.6 Å². The molecule has 3 amide bonds. The minimum absolute atomic E-state index is 0.0206. The second kappa shape index (κ2) is 12.6. The molecule has 0 aliphatic carbocycles. The highest BCUT2D eigenvalue weighted by atomic mass is 35.5. The Balaban J connectivity index is 1.17. The van der Waals surface area contributed by atoms with Gasteiger partial charge in [-0.15, -0.1) is 11.3 Å². The first kappa shape index (κ1) is 30.3. The standard InChI is InChI=1S/C29H34ClN5O5S2/c1-19(36)33(2)23-10-8-22(9-11-23)31-17-24-5-3-14-35(24)27(37)18-34-13-4-6-25(29(34)38)32-42(39,40)28-16-20-15-21(30)7-12-26(20)41-28/h7-12,15-16,24-25,31-32H,3-6,13-14,17-18H2,1-2H3/t24-,25-/m0/s1. The Morgan fingerprint density at radius 3 is 2.55 bits per heavy atom. The summed E-state index contributed by atoms with van der Waals surface area (Å²) in [6.07, 6.45) is 2.68. The lowest BCUT2D eigenvalue weighted by Gasteiger charge is -2.34. The van der Waals surface area contributed by atoms with Crippen molar-refractivity contribution in [3.63, 3.8) is 0 Å². The number of rotatable bonds is 9. The number of amides is 3. The summed E-state index contributed by atoms with van der Waals surface area (Å²) in [5.74, 6) is -0.573. The molecule has 42 heavy (non-hydrogen) atoms. The second-order valence-corrected chi connectivity index (χ2v) is 14.2. The summed E-state index contributed by atoms with van der Waals surface area (Å²) in [6, 6.07) is 13.3. The van der Waals surface area contributed by atoms with E-state index in [1.807, 2.05) is 29.2 Å². The lowest BCUT2D eigenvalue weighted by atomic mass is 10.1. The molecule has 2 saturated heterocycles. The molecule has 0 radical (unpaired) electrons. The molecule has 2 aliphatic rings. The van der Waals surface area contributed by atoms with Crippen molar-refractivity contribution < 1.29 is 22.8 Å². The Labute approximate surface area is 254 Å². The van der Waals surface area contributed by atoms with E-state index in [2.05, 4.69) is 10.0 Å². The van der Waals surface area contributed by atoms with Crippen LogP contribution < -0.4 is 14.9 Å². The van der Waals surface area contributed by atoms with Gasteiger partial charge in [-0.1, -0.05) is 11.6 Å². The number of hydrogen-bond acceptors (Lipinski definition) is 7. The van der Waals surface area contributed by atoms with Crippen molar-refractivity contribution >= 4 is 72.1 Å². The maximum atomic E-state index is 13.3. The summed E-state index contributed by atoms with van der Waals surface area (Å²) in [7, 11) is -2.21. The highest BCUT2D eigenvalue weighted by Crippen LogP contribution is 2.31. The Morgan fingerprint density at radius 1 is 1.07 bits per heavy atom. The first-order chi connectivity index (χ1) is 20.0. The third kappa shape index (κ3) is 6.72. The third-order valence-electron chi connectivity index (χ3n) is 7.84. The monoisotopic (exact) mass is 631 g/mol. The molecule has 2 aliphatic heterocycles. The maximum Gasteiger partial charge on any atom is 0.250 e. The number of nitrogens with zero attached hydrogens (tertiary/aromatic N) is 3. The number of nitrogens with one attached hydrogen (secondary N) is 2. The summed E-state index contributed by atoms with van der Waals surface area (Å²) >= 11 is 7.16. The van der Waals surface area contributed by atoms with Crippen LogP contribution in [-0.2, 0) is 24.4 Å². The second-order valence-electron chi connectivity index (χ2n) is 10.7. The predicted molar refractivity (Wildman–Crippen MR) is 166 cm³/mol. The predicted octanol–water partition coefficient (Wildman–Crippen LogP) is 3.91. The lowest BCUT2D eigenvalue weighted by molar-refractivity contribution is -0.143. The largest absolute Gasteiger partial charge is 0.383 e. The van der Waals surface area contributed by atoms with Crippen LogP contribution in [0, 0.1) is 0 Å². The lowest BCUT2D eigenvalue weighted by Crippen LogP contribution is -2.55. The van der Waals surface area contributed by atoms with Crippen LogP contribution >= 0.6 is 22.9 Å². The normalized spacial score (nSPS) is 19.4. The molecule has 2 atom stereocenters. The van der Waals surface area contributed by atoms with Crippen LogP contribution in [0.5, 0.6) is 0 Å². The first-order valence-electron chi connectivity index (χ1n) is 13.9. The number of hydrogen-bond donors (Lipinski definition) is 2. The zero-order chi connectivity index (χ0) is 30.0. The van der Waals surface area contributed by atoms with Gasteiger partial charge >= 0.3 is 0 Å². The molecule has 0 unspecified atom stereocenters. The van der Waals surface area contributed by atoms with Gasteiger partial charge in [-0.2, -0.15) is 4.72 Å². The van der Waals surface area contributed by atoms with Gasteiger partial charge in [0, 0.05) is 60.7 Å². The Kier molecular flexibility index (Phi) is 9.07. The van der Waals surface area contributed by atoms with Crippen LogP contribution in [0.15, 0.2) is 52.7 Å². The number of halogens is 1. The van der Waals surface area contributed by atoms with E-state index in [1.165, 1.54) is 11.8 Å². The van der Waals surface area contributed by atoms with Crippen molar-refractivity contribution in [3.8, 4) is 0 Å². The van der Waals surface area contributed by atoms with Gasteiger partial charge in [-0.05, 0) is 79.6 Å². The quantitative estimate of drug-likeness (QED) is 0.370. The highest BCUT2D eigenvalue weighted by molar-refractivity contribution is 7.91. The molecule has 224 valence electrons. The summed E-state index contributed by atoms with van der Waals surface area (Å²) in [5, 5.41) is 4.62. The molecule has 0 spiro atoms. The molecule has 10 nitrogen and oxygen atoms in total. The van der Waals surface area contributed by atoms with Gasteiger partial charge in [0.1, 0.15) is 10.3 Å². The van der Waals surface area contributed by atoms with Gasteiger partial charge in [0.2, 0.25) is 17.7 Å². The average Bonchev–Trinajstić information content (AvgIpc) is 3.61. The summed E-state index contributed by atoms with van der Waals surface area (Å²) < 4.78 is 29.8. The topological polar surface area (TPSA) is 119 Å². The van der Waals surface area contributed by atoms with Crippen molar-refractivity contribution in [1.82, 2.24) is 14.5 Å². The van der Waals surface area contributed by atoms with Gasteiger partial charge in [0.25, 0.3) is 10.0 Å². The van der Waals surface area contributed by atoms with E-state index in [9.17, 15) is 22.8 Å². The van der Waals surface area contributed by atoms with Crippen LogP contribution in [0.1, 0.15) is 32.6 Å². The minimum Gasteiger partial charge on any atom is -0.383 e. The summed E-state index contributed by atoms with van der Waals surface area (Å²) in [6.45, 7) is 3.01. The molecule has 3 aromatic rings. The number of likely N-dealkylation sites (tertiary alicyclic amines) is 2. The molecule has 13 heteroatoms. The molecule has 5 rings (SSSR count). The average molecular weight is 632 g/mol. The number of carbonyl (C=O) groups is 3. The van der Waals surface area contributed by atoms with Crippen LogP contribution in [-0.4, -0.2) is 81.2 Å². The fourth-order valence-electron chi connectivity index (χ4n) is 5.43. The fourth-order valence-corrected chi connectivity index (χ4v) is 8.22. The molecule has 1 aromatic heterocycles. The molecule has 2 N–H and O–H groups in total. The van der Waals surface area contributed by atoms with E-state index in [-0.39, 0.29) is 34.5 Å². The van der Waals surface area contributed by atoms with E-state index in [1.54, 1.807) is 36.2 Å². The number of anilines is 2. The van der Waals surface area contributed by atoms with Crippen LogP contribution in [0.2, 0.25) is 5.02 Å². The molecular weight excluding hydrogens is 598 g/mol. The van der Waals surface area contributed by atoms with Crippen molar-refractivity contribution in [1.29, 1.82) is 0 Å². The van der Waals surface area contributed by atoms with Crippen molar-refractivity contribution in [2.75, 3.05) is 43.4 Å². The van der Waals surface area contributed by atoms with Gasteiger partial charge in [-0.25, -0.2) is 8.42 Å². The third-order valence-corrected chi connectivity index (χ3v) is 11.1.